The van der Waals surface area contributed by atoms with E-state index in [0.29, 0.717) is 0 Å². The van der Waals surface area contributed by atoms with Crippen molar-refractivity contribution < 1.29 is 110 Å². The molecule has 25 heteroatoms. The van der Waals surface area contributed by atoms with Crippen molar-refractivity contribution in [2.45, 2.75) is 66.0 Å². The molecular formula is C11F24O. The second kappa shape index (κ2) is 8.14. The zero-order valence-corrected chi connectivity index (χ0v) is 15.0. The highest BCUT2D eigenvalue weighted by Crippen LogP contribution is 2.65. The summed E-state index contributed by atoms with van der Waals surface area (Å²) in [6.07, 6.45) is -31.9. The summed E-state index contributed by atoms with van der Waals surface area (Å²) in [4.78, 5) is 0. The Labute approximate surface area is 177 Å². The number of hydrogen-bond donors (Lipinski definition) is 0. The topological polar surface area (TPSA) is 9.23 Å². The highest BCUT2D eigenvalue weighted by molar-refractivity contribution is 5.16. The van der Waals surface area contributed by atoms with E-state index in [1.54, 1.807) is 0 Å². The highest BCUT2D eigenvalue weighted by atomic mass is 19.4. The molecule has 0 saturated carbocycles. The first-order valence-electron chi connectivity index (χ1n) is 7.19. The van der Waals surface area contributed by atoms with Gasteiger partial charge in [0.15, 0.2) is 0 Å². The molecule has 218 valence electrons. The number of hydrogen-bond acceptors (Lipinski definition) is 1. The Morgan fingerprint density at radius 1 is 0.222 bits per heavy atom. The van der Waals surface area contributed by atoms with Crippen molar-refractivity contribution in [2.75, 3.05) is 0 Å². The van der Waals surface area contributed by atoms with Gasteiger partial charge < -0.3 is 0 Å². The lowest BCUT2D eigenvalue weighted by molar-refractivity contribution is -0.520. The molecule has 0 aliphatic rings. The van der Waals surface area contributed by atoms with Crippen molar-refractivity contribution >= 4 is 0 Å². The van der Waals surface area contributed by atoms with Crippen LogP contribution in [0.15, 0.2) is 0 Å². The maximum absolute atomic E-state index is 13.3. The van der Waals surface area contributed by atoms with E-state index in [9.17, 15) is 105 Å². The van der Waals surface area contributed by atoms with Gasteiger partial charge in [-0.1, -0.05) is 0 Å². The Bertz CT molecular complexity index is 796. The Kier molecular flexibility index (Phi) is 7.75. The normalized spacial score (nSPS) is 17.0. The Balaban J connectivity index is 6.95. The molecule has 0 N–H and O–H groups in total. The molecule has 0 aromatic carbocycles. The number of halogens is 24. The Morgan fingerprint density at radius 3 is 0.667 bits per heavy atom. The van der Waals surface area contributed by atoms with E-state index in [0.717, 1.165) is 4.74 Å². The molecule has 0 aromatic rings. The molecule has 0 radical (unpaired) electrons. The van der Waals surface area contributed by atoms with Gasteiger partial charge in [-0.15, -0.1) is 0 Å². The van der Waals surface area contributed by atoms with Crippen LogP contribution in [0.4, 0.5) is 105 Å². The maximum Gasteiger partial charge on any atom is 0.483 e. The third-order valence-corrected chi connectivity index (χ3v) is 3.67. The van der Waals surface area contributed by atoms with Crippen LogP contribution >= 0.6 is 0 Å². The summed E-state index contributed by atoms with van der Waals surface area (Å²) < 4.78 is 305. The van der Waals surface area contributed by atoms with Crippen LogP contribution < -0.4 is 0 Å². The molecule has 36 heavy (non-hydrogen) atoms. The number of alkyl halides is 24. The summed E-state index contributed by atoms with van der Waals surface area (Å²) in [5, 5.41) is 0. The van der Waals surface area contributed by atoms with Gasteiger partial charge in [-0.25, -0.2) is 4.74 Å². The fraction of sp³-hybridized carbons (Fsp3) is 1.00. The van der Waals surface area contributed by atoms with E-state index in [1.807, 2.05) is 0 Å². The van der Waals surface area contributed by atoms with Crippen LogP contribution in [0.25, 0.3) is 0 Å². The summed E-state index contributed by atoms with van der Waals surface area (Å²) in [5.74, 6) is -63.7. The van der Waals surface area contributed by atoms with Crippen LogP contribution in [-0.2, 0) is 4.74 Å². The molecule has 0 atom stereocenters. The van der Waals surface area contributed by atoms with Crippen LogP contribution in [0.3, 0.4) is 0 Å². The van der Waals surface area contributed by atoms with Gasteiger partial charge in [0, 0.05) is 0 Å². The van der Waals surface area contributed by atoms with E-state index in [1.165, 1.54) is 0 Å². The van der Waals surface area contributed by atoms with E-state index in [4.69, 9.17) is 0 Å². The predicted octanol–water partition coefficient (Wildman–Crippen LogP) is 7.76. The quantitative estimate of drug-likeness (QED) is 0.245. The SMILES string of the molecule is FC(F)(F)C(F)(F)OC(F)(F)C(F)(F)C(F)(F)C(F)(F)C(F)(F)C(F)(F)C(F)(F)C(F)(F)C(F)(F)F. The van der Waals surface area contributed by atoms with E-state index in [-0.39, 0.29) is 0 Å². The highest BCUT2D eigenvalue weighted by Gasteiger charge is 2.97. The summed E-state index contributed by atoms with van der Waals surface area (Å²) in [5.41, 5.74) is 0. The first-order valence-corrected chi connectivity index (χ1v) is 7.19. The van der Waals surface area contributed by atoms with Crippen molar-refractivity contribution in [1.29, 1.82) is 0 Å². The first-order chi connectivity index (χ1) is 15.0. The Hall–Kier alpha value is -1.72. The van der Waals surface area contributed by atoms with Gasteiger partial charge >= 0.3 is 66.0 Å². The molecule has 0 heterocycles. The molecule has 0 amide bonds. The van der Waals surface area contributed by atoms with Gasteiger partial charge in [-0.05, 0) is 0 Å². The lowest BCUT2D eigenvalue weighted by atomic mass is 9.88. The molecule has 0 unspecified atom stereocenters. The van der Waals surface area contributed by atoms with Gasteiger partial charge in [-0.2, -0.15) is 105 Å². The van der Waals surface area contributed by atoms with Crippen LogP contribution in [0.1, 0.15) is 0 Å². The second-order valence-corrected chi connectivity index (χ2v) is 6.15. The van der Waals surface area contributed by atoms with Crippen molar-refractivity contribution in [3.63, 3.8) is 0 Å². The number of rotatable bonds is 9. The van der Waals surface area contributed by atoms with Gasteiger partial charge in [-0.3, -0.25) is 0 Å². The molecule has 0 aromatic heterocycles. The average molecular weight is 604 g/mol. The average Bonchev–Trinajstić information content (AvgIpc) is 2.57. The Morgan fingerprint density at radius 2 is 0.444 bits per heavy atom. The van der Waals surface area contributed by atoms with Crippen LogP contribution in [-0.4, -0.2) is 66.0 Å². The van der Waals surface area contributed by atoms with Crippen molar-refractivity contribution in [3.8, 4) is 0 Å². The smallest absolute Gasteiger partial charge is 0.243 e. The molecular weight excluding hydrogens is 604 g/mol. The first kappa shape index (κ1) is 34.3. The van der Waals surface area contributed by atoms with Crippen LogP contribution in [0.2, 0.25) is 0 Å². The molecule has 0 aliphatic carbocycles. The lowest BCUT2D eigenvalue weighted by Crippen LogP contribution is -2.76. The summed E-state index contributed by atoms with van der Waals surface area (Å²) in [6.45, 7) is 0. The zero-order chi connectivity index (χ0) is 30.2. The van der Waals surface area contributed by atoms with Crippen molar-refractivity contribution in [1.82, 2.24) is 0 Å². The molecule has 0 rings (SSSR count). The van der Waals surface area contributed by atoms with Gasteiger partial charge in [0.2, 0.25) is 0 Å². The number of ether oxygens (including phenoxy) is 1. The fourth-order valence-corrected chi connectivity index (χ4v) is 1.63. The zero-order valence-electron chi connectivity index (χ0n) is 15.0. The standard InChI is InChI=1S/C11F24O/c12-1(13,2(14,15)4(18,19)6(22,23)8(26,27)28)3(16,17)5(20,21)7(24,25)10(32,33)36-11(34,35)9(29,30)31. The second-order valence-electron chi connectivity index (χ2n) is 6.15. The van der Waals surface area contributed by atoms with Gasteiger partial charge in [0.05, 0.1) is 0 Å². The summed E-state index contributed by atoms with van der Waals surface area (Å²) in [6, 6.07) is 0. The maximum atomic E-state index is 13.3. The van der Waals surface area contributed by atoms with E-state index < -0.39 is 66.0 Å². The van der Waals surface area contributed by atoms with Gasteiger partial charge in [0.1, 0.15) is 0 Å². The third kappa shape index (κ3) is 4.34. The minimum absolute atomic E-state index is 0.896. The molecule has 0 aliphatic heterocycles. The monoisotopic (exact) mass is 604 g/mol. The fourth-order valence-electron chi connectivity index (χ4n) is 1.63. The predicted molar refractivity (Wildman–Crippen MR) is 57.7 cm³/mol. The summed E-state index contributed by atoms with van der Waals surface area (Å²) in [7, 11) is 0. The van der Waals surface area contributed by atoms with E-state index in [2.05, 4.69) is 0 Å². The molecule has 0 bridgehead atoms. The molecule has 1 nitrogen and oxygen atoms in total. The molecule has 0 fully saturated rings. The largest absolute Gasteiger partial charge is 0.483 e. The van der Waals surface area contributed by atoms with Crippen molar-refractivity contribution in [2.24, 2.45) is 0 Å². The van der Waals surface area contributed by atoms with Gasteiger partial charge in [0.25, 0.3) is 0 Å². The van der Waals surface area contributed by atoms with Crippen LogP contribution in [0, 0.1) is 0 Å². The van der Waals surface area contributed by atoms with E-state index >= 15 is 0 Å². The third-order valence-electron chi connectivity index (χ3n) is 3.67. The summed E-state index contributed by atoms with van der Waals surface area (Å²) >= 11 is 0. The van der Waals surface area contributed by atoms with Crippen molar-refractivity contribution in [3.05, 3.63) is 0 Å². The van der Waals surface area contributed by atoms with Crippen LogP contribution in [0.5, 0.6) is 0 Å². The lowest BCUT2D eigenvalue weighted by Gasteiger charge is -2.43. The minimum atomic E-state index is -9.36. The minimum Gasteiger partial charge on any atom is -0.243 e. The molecule has 0 saturated heterocycles. The molecule has 0 spiro atoms.